The van der Waals surface area contributed by atoms with Gasteiger partial charge in [0, 0.05) is 24.5 Å². The molecule has 6 heteroatoms. The van der Waals surface area contributed by atoms with E-state index >= 15 is 0 Å². The van der Waals surface area contributed by atoms with E-state index in [1.807, 2.05) is 35.9 Å². The summed E-state index contributed by atoms with van der Waals surface area (Å²) in [5, 5.41) is 8.34. The molecule has 136 valence electrons. The lowest BCUT2D eigenvalue weighted by Crippen LogP contribution is -2.35. The molecule has 0 saturated carbocycles. The van der Waals surface area contributed by atoms with E-state index in [-0.39, 0.29) is 5.91 Å². The number of amides is 1. The van der Waals surface area contributed by atoms with Crippen molar-refractivity contribution in [3.63, 3.8) is 0 Å². The molecule has 0 radical (unpaired) electrons. The minimum absolute atomic E-state index is 0.244. The van der Waals surface area contributed by atoms with Crippen LogP contribution in [0.5, 0.6) is 0 Å². The molecule has 0 bridgehead atoms. The Morgan fingerprint density at radius 1 is 1.27 bits per heavy atom. The van der Waals surface area contributed by atoms with Crippen molar-refractivity contribution >= 4 is 22.7 Å². The number of anilines is 1. The van der Waals surface area contributed by atoms with Gasteiger partial charge in [0.05, 0.1) is 12.2 Å². The van der Waals surface area contributed by atoms with Crippen LogP contribution >= 0.6 is 0 Å². The highest BCUT2D eigenvalue weighted by atomic mass is 16.3. The molecule has 1 aliphatic heterocycles. The molecule has 26 heavy (non-hydrogen) atoms. The van der Waals surface area contributed by atoms with Crippen molar-refractivity contribution in [2.24, 2.45) is 0 Å². The van der Waals surface area contributed by atoms with Gasteiger partial charge in [-0.05, 0) is 44.5 Å². The van der Waals surface area contributed by atoms with Gasteiger partial charge >= 0.3 is 0 Å². The highest BCUT2D eigenvalue weighted by Gasteiger charge is 2.23. The molecule has 1 N–H and O–H groups in total. The maximum atomic E-state index is 12.6. The number of hydrogen-bond acceptors (Lipinski definition) is 4. The zero-order valence-corrected chi connectivity index (χ0v) is 15.2. The van der Waals surface area contributed by atoms with Gasteiger partial charge in [-0.3, -0.25) is 4.79 Å². The molecule has 1 saturated heterocycles. The summed E-state index contributed by atoms with van der Waals surface area (Å²) in [6.45, 7) is 7.43. The average Bonchev–Trinajstić information content (AvgIpc) is 3.28. The molecule has 0 aliphatic carbocycles. The molecule has 2 aromatic heterocycles. The number of carbonyl (C=O) groups excluding carboxylic acids is 1. The Morgan fingerprint density at radius 2 is 2.08 bits per heavy atom. The van der Waals surface area contributed by atoms with Gasteiger partial charge in [-0.25, -0.2) is 4.68 Å². The van der Waals surface area contributed by atoms with Crippen LogP contribution in [0, 0.1) is 6.92 Å². The van der Waals surface area contributed by atoms with E-state index in [2.05, 4.69) is 22.2 Å². The van der Waals surface area contributed by atoms with Crippen LogP contribution < -0.4 is 5.32 Å². The summed E-state index contributed by atoms with van der Waals surface area (Å²) in [6.07, 6.45) is 3.83. The van der Waals surface area contributed by atoms with Gasteiger partial charge in [0.15, 0.2) is 5.76 Å². The van der Waals surface area contributed by atoms with Gasteiger partial charge in [-0.1, -0.05) is 18.6 Å². The van der Waals surface area contributed by atoms with Gasteiger partial charge in [-0.2, -0.15) is 5.10 Å². The molecule has 1 aromatic carbocycles. The Morgan fingerprint density at radius 3 is 2.85 bits per heavy atom. The van der Waals surface area contributed by atoms with Crippen molar-refractivity contribution in [3.05, 3.63) is 47.9 Å². The third kappa shape index (κ3) is 3.24. The first-order valence-corrected chi connectivity index (χ1v) is 9.21. The largest absolute Gasteiger partial charge is 0.451 e. The summed E-state index contributed by atoms with van der Waals surface area (Å²) < 4.78 is 7.64. The fourth-order valence-electron chi connectivity index (χ4n) is 3.64. The normalized spacial score (nSPS) is 16.2. The minimum atomic E-state index is -0.244. The standard InChI is InChI=1S/C20H24N4O2/c1-3-23-10-7-16(8-11-23)24-19(6-9-21-24)22-20(25)18-13-15-12-14(2)4-5-17(15)26-18/h4-6,9,12-13,16H,3,7-8,10-11H2,1-2H3,(H,22,25). The topological polar surface area (TPSA) is 63.3 Å². The van der Waals surface area contributed by atoms with Crippen LogP contribution in [0.3, 0.4) is 0 Å². The Balaban J connectivity index is 1.50. The summed E-state index contributed by atoms with van der Waals surface area (Å²) in [7, 11) is 0. The quantitative estimate of drug-likeness (QED) is 0.775. The molecule has 0 spiro atoms. The van der Waals surface area contributed by atoms with Gasteiger partial charge in [0.25, 0.3) is 5.91 Å². The predicted molar refractivity (Wildman–Crippen MR) is 102 cm³/mol. The zero-order valence-electron chi connectivity index (χ0n) is 15.2. The highest BCUT2D eigenvalue weighted by molar-refractivity contribution is 6.04. The lowest BCUT2D eigenvalue weighted by atomic mass is 10.1. The van der Waals surface area contributed by atoms with Crippen LogP contribution in [0.25, 0.3) is 11.0 Å². The van der Waals surface area contributed by atoms with E-state index in [0.717, 1.165) is 54.8 Å². The second-order valence-corrected chi connectivity index (χ2v) is 6.93. The Hall–Kier alpha value is -2.60. The Kier molecular flexibility index (Phi) is 4.51. The van der Waals surface area contributed by atoms with Gasteiger partial charge in [0.2, 0.25) is 0 Å². The maximum absolute atomic E-state index is 12.6. The summed E-state index contributed by atoms with van der Waals surface area (Å²) in [6, 6.07) is 9.84. The van der Waals surface area contributed by atoms with Crippen LogP contribution in [0.15, 0.2) is 40.9 Å². The van der Waals surface area contributed by atoms with E-state index < -0.39 is 0 Å². The molecular formula is C20H24N4O2. The molecule has 6 nitrogen and oxygen atoms in total. The molecule has 0 atom stereocenters. The second-order valence-electron chi connectivity index (χ2n) is 6.93. The maximum Gasteiger partial charge on any atom is 0.292 e. The molecular weight excluding hydrogens is 328 g/mol. The first kappa shape index (κ1) is 16.8. The number of piperidine rings is 1. The monoisotopic (exact) mass is 352 g/mol. The van der Waals surface area contributed by atoms with Crippen molar-refractivity contribution in [3.8, 4) is 0 Å². The smallest absolute Gasteiger partial charge is 0.292 e. The number of hydrogen-bond donors (Lipinski definition) is 1. The number of aryl methyl sites for hydroxylation is 1. The molecule has 3 aromatic rings. The molecule has 1 fully saturated rings. The van der Waals surface area contributed by atoms with Crippen LogP contribution in [0.2, 0.25) is 0 Å². The molecule has 1 amide bonds. The number of aromatic nitrogens is 2. The number of rotatable bonds is 4. The van der Waals surface area contributed by atoms with Crippen LogP contribution in [0.4, 0.5) is 5.82 Å². The van der Waals surface area contributed by atoms with Crippen molar-refractivity contribution in [1.29, 1.82) is 0 Å². The third-order valence-electron chi connectivity index (χ3n) is 5.16. The van der Waals surface area contributed by atoms with Crippen LogP contribution in [-0.2, 0) is 0 Å². The Labute approximate surface area is 152 Å². The number of likely N-dealkylation sites (tertiary alicyclic amines) is 1. The van der Waals surface area contributed by atoms with E-state index in [1.54, 1.807) is 12.3 Å². The fraction of sp³-hybridized carbons (Fsp3) is 0.400. The van der Waals surface area contributed by atoms with Crippen molar-refractivity contribution in [1.82, 2.24) is 14.7 Å². The summed E-state index contributed by atoms with van der Waals surface area (Å²) in [5.74, 6) is 0.798. The molecule has 3 heterocycles. The lowest BCUT2D eigenvalue weighted by Gasteiger charge is -2.31. The first-order chi connectivity index (χ1) is 12.6. The minimum Gasteiger partial charge on any atom is -0.451 e. The van der Waals surface area contributed by atoms with Gasteiger partial charge in [-0.15, -0.1) is 0 Å². The number of fused-ring (bicyclic) bond motifs is 1. The van der Waals surface area contributed by atoms with Crippen molar-refractivity contribution < 1.29 is 9.21 Å². The predicted octanol–water partition coefficient (Wildman–Crippen LogP) is 3.85. The first-order valence-electron chi connectivity index (χ1n) is 9.21. The fourth-order valence-corrected chi connectivity index (χ4v) is 3.64. The summed E-state index contributed by atoms with van der Waals surface area (Å²) in [5.41, 5.74) is 1.86. The second kappa shape index (κ2) is 6.96. The van der Waals surface area contributed by atoms with Crippen LogP contribution in [0.1, 0.15) is 41.9 Å². The lowest BCUT2D eigenvalue weighted by molar-refractivity contribution is 0.0997. The number of carbonyl (C=O) groups is 1. The van der Waals surface area contributed by atoms with Crippen molar-refractivity contribution in [2.75, 3.05) is 25.0 Å². The molecule has 0 unspecified atom stereocenters. The van der Waals surface area contributed by atoms with Crippen LogP contribution in [-0.4, -0.2) is 40.2 Å². The Bertz CT molecular complexity index is 919. The van der Waals surface area contributed by atoms with E-state index in [9.17, 15) is 4.79 Å². The third-order valence-corrected chi connectivity index (χ3v) is 5.16. The van der Waals surface area contributed by atoms with E-state index in [1.165, 1.54) is 0 Å². The van der Waals surface area contributed by atoms with Gasteiger partial charge < -0.3 is 14.6 Å². The van der Waals surface area contributed by atoms with E-state index in [0.29, 0.717) is 11.8 Å². The van der Waals surface area contributed by atoms with Crippen molar-refractivity contribution in [2.45, 2.75) is 32.7 Å². The number of nitrogens with zero attached hydrogens (tertiary/aromatic N) is 3. The number of nitrogens with one attached hydrogen (secondary N) is 1. The number of benzene rings is 1. The number of furan rings is 1. The van der Waals surface area contributed by atoms with Gasteiger partial charge in [0.1, 0.15) is 11.4 Å². The summed E-state index contributed by atoms with van der Waals surface area (Å²) >= 11 is 0. The molecule has 4 rings (SSSR count). The highest BCUT2D eigenvalue weighted by Crippen LogP contribution is 2.26. The zero-order chi connectivity index (χ0) is 18.1. The van der Waals surface area contributed by atoms with E-state index in [4.69, 9.17) is 4.42 Å². The molecule has 1 aliphatic rings. The SMILES string of the molecule is CCN1CCC(n2nccc2NC(=O)c2cc3cc(C)ccc3o2)CC1. The average molecular weight is 352 g/mol. The summed E-state index contributed by atoms with van der Waals surface area (Å²) in [4.78, 5) is 15.1.